The number of ether oxygens (including phenoxy) is 2. The molecular weight excluding hydrogens is 204 g/mol. The van der Waals surface area contributed by atoms with Crippen molar-refractivity contribution in [3.05, 3.63) is 0 Å². The maximum Gasteiger partial charge on any atom is 0.164 e. The van der Waals surface area contributed by atoms with Gasteiger partial charge in [0.25, 0.3) is 0 Å². The highest BCUT2D eigenvalue weighted by Gasteiger charge is 2.55. The molecule has 6 heteroatoms. The van der Waals surface area contributed by atoms with Crippen LogP contribution in [0, 0.1) is 0 Å². The summed E-state index contributed by atoms with van der Waals surface area (Å²) in [6.45, 7) is 1.71. The molecule has 0 spiro atoms. The van der Waals surface area contributed by atoms with Gasteiger partial charge in [0.05, 0.1) is 19.8 Å². The van der Waals surface area contributed by atoms with Crippen molar-refractivity contribution >= 4 is 0 Å². The lowest BCUT2D eigenvalue weighted by atomic mass is 9.94. The van der Waals surface area contributed by atoms with Crippen molar-refractivity contribution in [2.24, 2.45) is 0 Å². The Bertz CT molecular complexity index is 213. The normalized spacial score (nSPS) is 30.4. The molecule has 0 amide bonds. The van der Waals surface area contributed by atoms with Gasteiger partial charge in [0, 0.05) is 0 Å². The van der Waals surface area contributed by atoms with Crippen LogP contribution >= 0.6 is 0 Å². The second-order valence-electron chi connectivity index (χ2n) is 4.17. The molecule has 6 nitrogen and oxygen atoms in total. The quantitative estimate of drug-likeness (QED) is 0.448. The Morgan fingerprint density at radius 3 is 2.13 bits per heavy atom. The minimum atomic E-state index is -1.37. The van der Waals surface area contributed by atoms with Crippen LogP contribution in [0.15, 0.2) is 0 Å². The van der Waals surface area contributed by atoms with Crippen LogP contribution in [0.1, 0.15) is 13.8 Å². The molecule has 1 rings (SSSR count). The minimum absolute atomic E-state index is 0.491. The summed E-state index contributed by atoms with van der Waals surface area (Å²) >= 11 is 0. The molecule has 2 atom stereocenters. The molecule has 0 aromatic rings. The van der Waals surface area contributed by atoms with Gasteiger partial charge in [0.15, 0.2) is 5.79 Å². The van der Waals surface area contributed by atoms with E-state index in [1.165, 1.54) is 0 Å². The fourth-order valence-electron chi connectivity index (χ4n) is 1.80. The standard InChI is InChI=1S/C9H18O6/c1-8(2)14-7(6(13)3-10)9(4-11,5-12)15-8/h6-7,10-13H,3-5H2,1-2H3/t6-,7+/m1/s1. The summed E-state index contributed by atoms with van der Waals surface area (Å²) in [4.78, 5) is 0. The van der Waals surface area contributed by atoms with Gasteiger partial charge in [-0.05, 0) is 13.8 Å². The average Bonchev–Trinajstić information content (AvgIpc) is 2.49. The van der Waals surface area contributed by atoms with Gasteiger partial charge in [-0.15, -0.1) is 0 Å². The maximum absolute atomic E-state index is 9.51. The fraction of sp³-hybridized carbons (Fsp3) is 1.00. The van der Waals surface area contributed by atoms with Gasteiger partial charge < -0.3 is 29.9 Å². The first-order valence-electron chi connectivity index (χ1n) is 4.79. The topological polar surface area (TPSA) is 99.4 Å². The smallest absolute Gasteiger partial charge is 0.164 e. The van der Waals surface area contributed by atoms with Crippen LogP contribution in [0.25, 0.3) is 0 Å². The Labute approximate surface area is 88.1 Å². The lowest BCUT2D eigenvalue weighted by Gasteiger charge is -2.30. The molecule has 0 unspecified atom stereocenters. The van der Waals surface area contributed by atoms with E-state index in [-0.39, 0.29) is 0 Å². The summed E-state index contributed by atoms with van der Waals surface area (Å²) < 4.78 is 10.7. The highest BCUT2D eigenvalue weighted by atomic mass is 16.8. The predicted octanol–water partition coefficient (Wildman–Crippen LogP) is -1.79. The monoisotopic (exact) mass is 222 g/mol. The molecular formula is C9H18O6. The van der Waals surface area contributed by atoms with Crippen LogP contribution in [-0.4, -0.2) is 63.8 Å². The SMILES string of the molecule is CC1(C)O[C@@H]([C@H](O)CO)C(CO)(CO)O1. The van der Waals surface area contributed by atoms with E-state index in [4.69, 9.17) is 14.6 Å². The van der Waals surface area contributed by atoms with E-state index in [0.29, 0.717) is 0 Å². The van der Waals surface area contributed by atoms with Gasteiger partial charge in [0.1, 0.15) is 17.8 Å². The Kier molecular flexibility index (Phi) is 3.70. The van der Waals surface area contributed by atoms with Gasteiger partial charge in [-0.1, -0.05) is 0 Å². The van der Waals surface area contributed by atoms with Gasteiger partial charge in [-0.2, -0.15) is 0 Å². The number of hydrogen-bond donors (Lipinski definition) is 4. The van der Waals surface area contributed by atoms with Crippen LogP contribution in [-0.2, 0) is 9.47 Å². The Morgan fingerprint density at radius 2 is 1.73 bits per heavy atom. The van der Waals surface area contributed by atoms with Crippen molar-refractivity contribution in [2.75, 3.05) is 19.8 Å². The molecule has 1 fully saturated rings. The predicted molar refractivity (Wildman–Crippen MR) is 50.0 cm³/mol. The summed E-state index contributed by atoms with van der Waals surface area (Å²) in [7, 11) is 0. The van der Waals surface area contributed by atoms with Gasteiger partial charge in [0.2, 0.25) is 0 Å². The second kappa shape index (κ2) is 4.32. The molecule has 0 aromatic heterocycles. The Morgan fingerprint density at radius 1 is 1.20 bits per heavy atom. The molecule has 0 aliphatic carbocycles. The summed E-state index contributed by atoms with van der Waals surface area (Å²) in [5.74, 6) is -1.01. The Hall–Kier alpha value is -0.240. The third-order valence-corrected chi connectivity index (χ3v) is 2.45. The molecule has 15 heavy (non-hydrogen) atoms. The largest absolute Gasteiger partial charge is 0.394 e. The van der Waals surface area contributed by atoms with Crippen molar-refractivity contribution in [2.45, 2.75) is 37.4 Å². The van der Waals surface area contributed by atoms with Crippen LogP contribution < -0.4 is 0 Å². The zero-order valence-electron chi connectivity index (χ0n) is 8.88. The van der Waals surface area contributed by atoms with Crippen LogP contribution in [0.4, 0.5) is 0 Å². The molecule has 4 N–H and O–H groups in total. The lowest BCUT2D eigenvalue weighted by Crippen LogP contribution is -2.53. The van der Waals surface area contributed by atoms with Crippen molar-refractivity contribution in [3.63, 3.8) is 0 Å². The van der Waals surface area contributed by atoms with Crippen LogP contribution in [0.5, 0.6) is 0 Å². The molecule has 0 saturated carbocycles. The molecule has 0 radical (unpaired) electrons. The molecule has 1 saturated heterocycles. The van der Waals surface area contributed by atoms with E-state index in [9.17, 15) is 15.3 Å². The number of hydrogen-bond acceptors (Lipinski definition) is 6. The van der Waals surface area contributed by atoms with E-state index >= 15 is 0 Å². The summed E-state index contributed by atoms with van der Waals surface area (Å²) in [5, 5.41) is 36.8. The van der Waals surface area contributed by atoms with Crippen LogP contribution in [0.2, 0.25) is 0 Å². The molecule has 1 heterocycles. The van der Waals surface area contributed by atoms with E-state index in [1.807, 2.05) is 0 Å². The second-order valence-corrected chi connectivity index (χ2v) is 4.17. The zero-order chi connectivity index (χ0) is 11.7. The summed E-state index contributed by atoms with van der Waals surface area (Å²) in [6.07, 6.45) is -2.15. The van der Waals surface area contributed by atoms with Crippen molar-refractivity contribution in [1.82, 2.24) is 0 Å². The van der Waals surface area contributed by atoms with E-state index < -0.39 is 43.4 Å². The number of aliphatic hydroxyl groups is 4. The minimum Gasteiger partial charge on any atom is -0.394 e. The van der Waals surface area contributed by atoms with E-state index in [2.05, 4.69) is 0 Å². The van der Waals surface area contributed by atoms with Crippen molar-refractivity contribution in [1.29, 1.82) is 0 Å². The fourth-order valence-corrected chi connectivity index (χ4v) is 1.80. The zero-order valence-corrected chi connectivity index (χ0v) is 8.88. The van der Waals surface area contributed by atoms with Crippen LogP contribution in [0.3, 0.4) is 0 Å². The highest BCUT2D eigenvalue weighted by molar-refractivity contribution is 4.99. The first-order valence-corrected chi connectivity index (χ1v) is 4.79. The van der Waals surface area contributed by atoms with Gasteiger partial charge >= 0.3 is 0 Å². The molecule has 0 bridgehead atoms. The van der Waals surface area contributed by atoms with Gasteiger partial charge in [-0.25, -0.2) is 0 Å². The molecule has 90 valence electrons. The first-order chi connectivity index (χ1) is 6.90. The van der Waals surface area contributed by atoms with Crippen molar-refractivity contribution < 1.29 is 29.9 Å². The summed E-state index contributed by atoms with van der Waals surface area (Å²) in [6, 6.07) is 0. The van der Waals surface area contributed by atoms with Gasteiger partial charge in [-0.3, -0.25) is 0 Å². The molecule has 1 aliphatic rings. The summed E-state index contributed by atoms with van der Waals surface area (Å²) in [5.41, 5.74) is -1.37. The maximum atomic E-state index is 9.51. The molecule has 0 aromatic carbocycles. The van der Waals surface area contributed by atoms with Crippen molar-refractivity contribution in [3.8, 4) is 0 Å². The number of aliphatic hydroxyl groups excluding tert-OH is 4. The van der Waals surface area contributed by atoms with E-state index in [0.717, 1.165) is 0 Å². The Balaban J connectivity index is 2.92. The average molecular weight is 222 g/mol. The third kappa shape index (κ3) is 2.30. The van der Waals surface area contributed by atoms with E-state index in [1.54, 1.807) is 13.8 Å². The highest BCUT2D eigenvalue weighted by Crippen LogP contribution is 2.37. The lowest BCUT2D eigenvalue weighted by molar-refractivity contribution is -0.178. The number of rotatable bonds is 4. The molecule has 1 aliphatic heterocycles. The first kappa shape index (κ1) is 12.8. The third-order valence-electron chi connectivity index (χ3n) is 2.45.